The molecule has 1 aliphatic rings. The Bertz CT molecular complexity index is 604. The van der Waals surface area contributed by atoms with E-state index in [4.69, 9.17) is 5.73 Å². The first kappa shape index (κ1) is 19.7. The van der Waals surface area contributed by atoms with Crippen molar-refractivity contribution in [1.29, 1.82) is 0 Å². The summed E-state index contributed by atoms with van der Waals surface area (Å²) in [4.78, 5) is 32.1. The van der Waals surface area contributed by atoms with E-state index in [0.717, 1.165) is 31.4 Å². The molecule has 3 amide bonds. The van der Waals surface area contributed by atoms with Crippen LogP contribution in [0.1, 0.15) is 37.3 Å². The first-order chi connectivity index (χ1) is 12.0. The normalized spacial score (nSPS) is 17.6. The molecule has 1 heterocycles. The van der Waals surface area contributed by atoms with Gasteiger partial charge in [0.25, 0.3) is 0 Å². The summed E-state index contributed by atoms with van der Waals surface area (Å²) in [5.41, 5.74) is 6.90. The number of imide groups is 1. The molecule has 4 N–H and O–H groups in total. The summed E-state index contributed by atoms with van der Waals surface area (Å²) in [7, 11) is 1.84. The average molecular weight is 368 g/mol. The van der Waals surface area contributed by atoms with Crippen LogP contribution < -0.4 is 16.4 Å². The standard InChI is InChI=1S/C17H29N5O2S/c1-4-20-17(24)22(5-2)15(23)12(10-19-3)8-11-6-7-14-13(9-11)21-16(18)25-14/h11-12,19H,4-10H2,1-3H3,(H2,18,21)(H,20,24). The molecule has 0 saturated carbocycles. The van der Waals surface area contributed by atoms with Crippen LogP contribution in [0.4, 0.5) is 9.93 Å². The zero-order chi connectivity index (χ0) is 18.4. The van der Waals surface area contributed by atoms with Crippen LogP contribution >= 0.6 is 11.3 Å². The van der Waals surface area contributed by atoms with Crippen LogP contribution in [-0.2, 0) is 17.6 Å². The number of rotatable bonds is 7. The molecule has 0 saturated heterocycles. The number of aryl methyl sites for hydroxylation is 1. The van der Waals surface area contributed by atoms with Gasteiger partial charge in [0.15, 0.2) is 5.13 Å². The van der Waals surface area contributed by atoms with Gasteiger partial charge in [-0.1, -0.05) is 0 Å². The third-order valence-electron chi connectivity index (χ3n) is 4.63. The molecular weight excluding hydrogens is 338 g/mol. The number of carbonyl (C=O) groups excluding carboxylic acids is 2. The van der Waals surface area contributed by atoms with Gasteiger partial charge in [0.2, 0.25) is 5.91 Å². The Balaban J connectivity index is 2.04. The molecule has 25 heavy (non-hydrogen) atoms. The number of nitrogens with one attached hydrogen (secondary N) is 2. The molecule has 0 aromatic carbocycles. The highest BCUT2D eigenvalue weighted by Gasteiger charge is 2.31. The summed E-state index contributed by atoms with van der Waals surface area (Å²) in [6, 6.07) is -0.311. The van der Waals surface area contributed by atoms with Crippen molar-refractivity contribution < 1.29 is 9.59 Å². The number of carbonyl (C=O) groups is 2. The number of nitrogen functional groups attached to an aromatic ring is 1. The lowest BCUT2D eigenvalue weighted by Crippen LogP contribution is -2.48. The molecule has 1 aliphatic carbocycles. The van der Waals surface area contributed by atoms with Crippen LogP contribution in [0.15, 0.2) is 0 Å². The smallest absolute Gasteiger partial charge is 0.324 e. The van der Waals surface area contributed by atoms with Gasteiger partial charge in [0, 0.05) is 24.5 Å². The molecule has 0 radical (unpaired) electrons. The third-order valence-corrected chi connectivity index (χ3v) is 5.62. The lowest BCUT2D eigenvalue weighted by molar-refractivity contribution is -0.132. The van der Waals surface area contributed by atoms with Crippen molar-refractivity contribution in [3.05, 3.63) is 10.6 Å². The fraction of sp³-hybridized carbons (Fsp3) is 0.706. The zero-order valence-corrected chi connectivity index (χ0v) is 16.1. The van der Waals surface area contributed by atoms with Gasteiger partial charge >= 0.3 is 6.03 Å². The molecule has 1 aromatic rings. The summed E-state index contributed by atoms with van der Waals surface area (Å²) >= 11 is 1.57. The van der Waals surface area contributed by atoms with E-state index in [0.29, 0.717) is 30.7 Å². The summed E-state index contributed by atoms with van der Waals surface area (Å²) in [5, 5.41) is 6.44. The number of thiazole rings is 1. The number of nitrogens with zero attached hydrogens (tertiary/aromatic N) is 2. The second-order valence-corrected chi connectivity index (χ2v) is 7.55. The van der Waals surface area contributed by atoms with E-state index in [1.54, 1.807) is 11.3 Å². The van der Waals surface area contributed by atoms with Gasteiger partial charge in [-0.3, -0.25) is 9.69 Å². The Morgan fingerprint density at radius 1 is 1.44 bits per heavy atom. The zero-order valence-electron chi connectivity index (χ0n) is 15.3. The Labute approximate surface area is 153 Å². The third kappa shape index (κ3) is 4.92. The van der Waals surface area contributed by atoms with Crippen molar-refractivity contribution in [2.24, 2.45) is 11.8 Å². The fourth-order valence-electron chi connectivity index (χ4n) is 3.46. The highest BCUT2D eigenvalue weighted by atomic mass is 32.1. The molecule has 7 nitrogen and oxygen atoms in total. The first-order valence-corrected chi connectivity index (χ1v) is 9.79. The predicted molar refractivity (Wildman–Crippen MR) is 101 cm³/mol. The molecule has 8 heteroatoms. The minimum Gasteiger partial charge on any atom is -0.375 e. The molecule has 140 valence electrons. The van der Waals surface area contributed by atoms with Crippen molar-refractivity contribution in [2.45, 2.75) is 39.5 Å². The Kier molecular flexibility index (Phi) is 7.19. The second kappa shape index (κ2) is 9.15. The van der Waals surface area contributed by atoms with E-state index in [-0.39, 0.29) is 17.9 Å². The van der Waals surface area contributed by atoms with Crippen LogP contribution in [0.25, 0.3) is 0 Å². The van der Waals surface area contributed by atoms with Gasteiger partial charge in [-0.05, 0) is 52.5 Å². The Hall–Kier alpha value is -1.67. The summed E-state index contributed by atoms with van der Waals surface area (Å²) < 4.78 is 0. The monoisotopic (exact) mass is 367 g/mol. The molecule has 0 spiro atoms. The van der Waals surface area contributed by atoms with E-state index in [9.17, 15) is 9.59 Å². The molecule has 2 unspecified atom stereocenters. The maximum atomic E-state index is 12.9. The van der Waals surface area contributed by atoms with Crippen LogP contribution in [-0.4, -0.2) is 48.5 Å². The summed E-state index contributed by atoms with van der Waals surface area (Å²) in [6.07, 6.45) is 3.63. The van der Waals surface area contributed by atoms with E-state index in [1.807, 2.05) is 20.9 Å². The SMILES string of the molecule is CCNC(=O)N(CC)C(=O)C(CNC)CC1CCc2sc(N)nc2C1. The van der Waals surface area contributed by atoms with Gasteiger partial charge in [-0.25, -0.2) is 9.78 Å². The van der Waals surface area contributed by atoms with Crippen LogP contribution in [0.5, 0.6) is 0 Å². The number of fused-ring (bicyclic) bond motifs is 1. The molecule has 2 rings (SSSR count). The van der Waals surface area contributed by atoms with Crippen molar-refractivity contribution in [1.82, 2.24) is 20.5 Å². The molecule has 2 atom stereocenters. The molecule has 1 aromatic heterocycles. The summed E-state index contributed by atoms with van der Waals surface area (Å²) in [5.74, 6) is 0.0747. The minimum absolute atomic E-state index is 0.105. The lowest BCUT2D eigenvalue weighted by Gasteiger charge is -2.29. The maximum absolute atomic E-state index is 12.9. The van der Waals surface area contributed by atoms with Crippen LogP contribution in [0.2, 0.25) is 0 Å². The molecule has 0 aliphatic heterocycles. The molecule has 0 bridgehead atoms. The van der Waals surface area contributed by atoms with Crippen LogP contribution in [0, 0.1) is 11.8 Å². The van der Waals surface area contributed by atoms with E-state index >= 15 is 0 Å². The van der Waals surface area contributed by atoms with Crippen molar-refractivity contribution >= 4 is 28.4 Å². The maximum Gasteiger partial charge on any atom is 0.324 e. The van der Waals surface area contributed by atoms with Crippen molar-refractivity contribution in [3.63, 3.8) is 0 Å². The largest absolute Gasteiger partial charge is 0.375 e. The number of hydrogen-bond donors (Lipinski definition) is 3. The number of aromatic nitrogens is 1. The minimum atomic E-state index is -0.311. The van der Waals surface area contributed by atoms with Crippen molar-refractivity contribution in [2.75, 3.05) is 32.4 Å². The van der Waals surface area contributed by atoms with E-state index in [1.165, 1.54) is 9.78 Å². The van der Waals surface area contributed by atoms with Crippen LogP contribution in [0.3, 0.4) is 0 Å². The Morgan fingerprint density at radius 2 is 2.20 bits per heavy atom. The lowest BCUT2D eigenvalue weighted by atomic mass is 9.83. The van der Waals surface area contributed by atoms with Gasteiger partial charge in [0.1, 0.15) is 0 Å². The number of amides is 3. The van der Waals surface area contributed by atoms with Gasteiger partial charge in [0.05, 0.1) is 11.6 Å². The van der Waals surface area contributed by atoms with Gasteiger partial charge < -0.3 is 16.4 Å². The van der Waals surface area contributed by atoms with Gasteiger partial charge in [-0.2, -0.15) is 0 Å². The van der Waals surface area contributed by atoms with E-state index < -0.39 is 0 Å². The molecule has 0 fully saturated rings. The topological polar surface area (TPSA) is 100 Å². The Morgan fingerprint density at radius 3 is 2.84 bits per heavy atom. The molecular formula is C17H29N5O2S. The second-order valence-electron chi connectivity index (χ2n) is 6.44. The first-order valence-electron chi connectivity index (χ1n) is 8.97. The predicted octanol–water partition coefficient (Wildman–Crippen LogP) is 1.63. The number of anilines is 1. The number of hydrogen-bond acceptors (Lipinski definition) is 6. The highest BCUT2D eigenvalue weighted by molar-refractivity contribution is 7.15. The highest BCUT2D eigenvalue weighted by Crippen LogP contribution is 2.33. The number of nitrogens with two attached hydrogens (primary N) is 1. The quantitative estimate of drug-likeness (QED) is 0.680. The van der Waals surface area contributed by atoms with Crippen molar-refractivity contribution in [3.8, 4) is 0 Å². The van der Waals surface area contributed by atoms with E-state index in [2.05, 4.69) is 15.6 Å². The average Bonchev–Trinajstić information content (AvgIpc) is 2.94. The van der Waals surface area contributed by atoms with Gasteiger partial charge in [-0.15, -0.1) is 11.3 Å². The summed E-state index contributed by atoms with van der Waals surface area (Å²) in [6.45, 7) is 5.13. The fourth-order valence-corrected chi connectivity index (χ4v) is 4.33. The number of urea groups is 1.